The van der Waals surface area contributed by atoms with E-state index in [1.54, 1.807) is 19.4 Å². The van der Waals surface area contributed by atoms with Crippen LogP contribution in [-0.4, -0.2) is 41.2 Å². The van der Waals surface area contributed by atoms with Gasteiger partial charge in [-0.2, -0.15) is 0 Å². The molecular weight excluding hydrogens is 260 g/mol. The molecule has 1 aromatic rings. The first kappa shape index (κ1) is 14.4. The van der Waals surface area contributed by atoms with Crippen molar-refractivity contribution in [2.45, 2.75) is 32.4 Å². The van der Waals surface area contributed by atoms with E-state index in [-0.39, 0.29) is 11.3 Å². The van der Waals surface area contributed by atoms with Crippen molar-refractivity contribution in [3.05, 3.63) is 18.7 Å². The molecule has 1 fully saturated rings. The number of nitrogens with one attached hydrogen (secondary N) is 2. The van der Waals surface area contributed by atoms with E-state index in [0.29, 0.717) is 6.54 Å². The zero-order chi connectivity index (χ0) is 14.6. The highest BCUT2D eigenvalue weighted by molar-refractivity contribution is 5.85. The Labute approximate surface area is 117 Å². The van der Waals surface area contributed by atoms with E-state index in [1.165, 1.54) is 7.11 Å². The van der Waals surface area contributed by atoms with Crippen LogP contribution in [0.1, 0.15) is 19.8 Å². The third-order valence-electron chi connectivity index (χ3n) is 3.58. The second-order valence-corrected chi connectivity index (χ2v) is 5.31. The Hall–Kier alpha value is -2.05. The van der Waals surface area contributed by atoms with Crippen LogP contribution in [0.3, 0.4) is 0 Å². The van der Waals surface area contributed by atoms with Crippen LogP contribution in [0.15, 0.2) is 18.7 Å². The third kappa shape index (κ3) is 3.72. The maximum Gasteiger partial charge on any atom is 0.407 e. The quantitative estimate of drug-likeness (QED) is 0.795. The SMILES string of the molecule is COC(=O)N[C@H](C)C(=O)NCC1(Cn2ccnc2)CC1. The number of alkyl carbamates (subject to hydrolysis) is 1. The average Bonchev–Trinajstić information content (AvgIpc) is 3.00. The first-order valence-corrected chi connectivity index (χ1v) is 6.63. The van der Waals surface area contributed by atoms with Crippen molar-refractivity contribution in [3.63, 3.8) is 0 Å². The molecule has 2 N–H and O–H groups in total. The van der Waals surface area contributed by atoms with E-state index in [9.17, 15) is 9.59 Å². The predicted octanol–water partition coefficient (Wildman–Crippen LogP) is 0.524. The van der Waals surface area contributed by atoms with Crippen LogP contribution in [0.2, 0.25) is 0 Å². The number of ether oxygens (including phenoxy) is 1. The Morgan fingerprint density at radius 2 is 2.25 bits per heavy atom. The molecule has 0 saturated heterocycles. The van der Waals surface area contributed by atoms with Crippen molar-refractivity contribution in [2.24, 2.45) is 5.41 Å². The minimum atomic E-state index is -0.605. The van der Waals surface area contributed by atoms with Gasteiger partial charge in [-0.25, -0.2) is 9.78 Å². The fraction of sp³-hybridized carbons (Fsp3) is 0.615. The van der Waals surface area contributed by atoms with Gasteiger partial charge >= 0.3 is 6.09 Å². The summed E-state index contributed by atoms with van der Waals surface area (Å²) < 4.78 is 6.48. The van der Waals surface area contributed by atoms with Crippen LogP contribution < -0.4 is 10.6 Å². The molecule has 20 heavy (non-hydrogen) atoms. The average molecular weight is 280 g/mol. The number of amides is 2. The van der Waals surface area contributed by atoms with Crippen molar-refractivity contribution in [3.8, 4) is 0 Å². The molecule has 0 spiro atoms. The second kappa shape index (κ2) is 5.94. The minimum absolute atomic E-state index is 0.126. The maximum atomic E-state index is 11.9. The monoisotopic (exact) mass is 280 g/mol. The summed E-state index contributed by atoms with van der Waals surface area (Å²) in [5.41, 5.74) is 0.126. The second-order valence-electron chi connectivity index (χ2n) is 5.31. The highest BCUT2D eigenvalue weighted by Crippen LogP contribution is 2.46. The maximum absolute atomic E-state index is 11.9. The molecular formula is C13H20N4O3. The van der Waals surface area contributed by atoms with E-state index in [0.717, 1.165) is 19.4 Å². The van der Waals surface area contributed by atoms with Gasteiger partial charge in [-0.05, 0) is 19.8 Å². The third-order valence-corrected chi connectivity index (χ3v) is 3.58. The molecule has 1 saturated carbocycles. The Bertz CT molecular complexity index is 468. The van der Waals surface area contributed by atoms with Gasteiger partial charge in [0.1, 0.15) is 6.04 Å². The van der Waals surface area contributed by atoms with E-state index in [4.69, 9.17) is 0 Å². The van der Waals surface area contributed by atoms with E-state index < -0.39 is 12.1 Å². The van der Waals surface area contributed by atoms with Crippen LogP contribution >= 0.6 is 0 Å². The molecule has 0 unspecified atom stereocenters. The van der Waals surface area contributed by atoms with Crippen LogP contribution in [-0.2, 0) is 16.1 Å². The summed E-state index contributed by atoms with van der Waals surface area (Å²) in [6, 6.07) is -0.605. The van der Waals surface area contributed by atoms with Crippen molar-refractivity contribution in [1.82, 2.24) is 20.2 Å². The molecule has 2 rings (SSSR count). The molecule has 2 amide bonds. The number of carbonyl (C=O) groups is 2. The Morgan fingerprint density at radius 3 is 2.80 bits per heavy atom. The molecule has 1 aliphatic carbocycles. The molecule has 0 aliphatic heterocycles. The van der Waals surface area contributed by atoms with Crippen molar-refractivity contribution in [2.75, 3.05) is 13.7 Å². The summed E-state index contributed by atoms with van der Waals surface area (Å²) >= 11 is 0. The lowest BCUT2D eigenvalue weighted by Crippen LogP contribution is -2.46. The van der Waals surface area contributed by atoms with E-state index >= 15 is 0 Å². The summed E-state index contributed by atoms with van der Waals surface area (Å²) in [6.45, 7) is 3.09. The lowest BCUT2D eigenvalue weighted by atomic mass is 10.1. The largest absolute Gasteiger partial charge is 0.453 e. The van der Waals surface area contributed by atoms with Gasteiger partial charge in [-0.3, -0.25) is 4.79 Å². The van der Waals surface area contributed by atoms with E-state index in [1.807, 2.05) is 10.8 Å². The predicted molar refractivity (Wildman–Crippen MR) is 71.9 cm³/mol. The number of rotatable bonds is 6. The van der Waals surface area contributed by atoms with Gasteiger partial charge in [-0.1, -0.05) is 0 Å². The summed E-state index contributed by atoms with van der Waals surface area (Å²) in [6.07, 6.45) is 7.02. The lowest BCUT2D eigenvalue weighted by molar-refractivity contribution is -0.122. The highest BCUT2D eigenvalue weighted by atomic mass is 16.5. The smallest absolute Gasteiger partial charge is 0.407 e. The first-order valence-electron chi connectivity index (χ1n) is 6.63. The van der Waals surface area contributed by atoms with Gasteiger partial charge in [0.05, 0.1) is 13.4 Å². The van der Waals surface area contributed by atoms with Gasteiger partial charge in [0.2, 0.25) is 5.91 Å². The number of methoxy groups -OCH3 is 1. The molecule has 1 heterocycles. The molecule has 0 radical (unpaired) electrons. The molecule has 7 nitrogen and oxygen atoms in total. The minimum Gasteiger partial charge on any atom is -0.453 e. The fourth-order valence-electron chi connectivity index (χ4n) is 2.06. The van der Waals surface area contributed by atoms with Gasteiger partial charge in [0, 0.05) is 30.9 Å². The summed E-state index contributed by atoms with van der Waals surface area (Å²) in [5.74, 6) is -0.202. The Kier molecular flexibility index (Phi) is 4.26. The lowest BCUT2D eigenvalue weighted by Gasteiger charge is -2.19. The summed E-state index contributed by atoms with van der Waals surface area (Å²) in [4.78, 5) is 26.9. The van der Waals surface area contributed by atoms with Gasteiger partial charge in [-0.15, -0.1) is 0 Å². The molecule has 0 bridgehead atoms. The van der Waals surface area contributed by atoms with Crippen molar-refractivity contribution >= 4 is 12.0 Å². The number of hydrogen-bond acceptors (Lipinski definition) is 4. The summed E-state index contributed by atoms with van der Waals surface area (Å²) in [5, 5.41) is 5.33. The molecule has 0 aromatic carbocycles. The van der Waals surface area contributed by atoms with Crippen LogP contribution in [0.5, 0.6) is 0 Å². The zero-order valence-corrected chi connectivity index (χ0v) is 11.8. The van der Waals surface area contributed by atoms with Gasteiger partial charge < -0.3 is 19.9 Å². The highest BCUT2D eigenvalue weighted by Gasteiger charge is 2.43. The number of aromatic nitrogens is 2. The van der Waals surface area contributed by atoms with Gasteiger partial charge in [0.25, 0.3) is 0 Å². The topological polar surface area (TPSA) is 85.2 Å². The Balaban J connectivity index is 1.77. The van der Waals surface area contributed by atoms with E-state index in [2.05, 4.69) is 20.4 Å². The van der Waals surface area contributed by atoms with Crippen molar-refractivity contribution < 1.29 is 14.3 Å². The fourth-order valence-corrected chi connectivity index (χ4v) is 2.06. The van der Waals surface area contributed by atoms with Crippen LogP contribution in [0.4, 0.5) is 4.79 Å². The first-order chi connectivity index (χ1) is 9.54. The standard InChI is InChI=1S/C13H20N4O3/c1-10(16-12(19)20-2)11(18)15-7-13(3-4-13)8-17-6-5-14-9-17/h5-6,9-10H,3-4,7-8H2,1-2H3,(H,15,18)(H,16,19)/t10-/m1/s1. The molecule has 1 aliphatic rings. The Morgan fingerprint density at radius 1 is 1.50 bits per heavy atom. The summed E-state index contributed by atoms with van der Waals surface area (Å²) in [7, 11) is 1.27. The van der Waals surface area contributed by atoms with Crippen LogP contribution in [0.25, 0.3) is 0 Å². The zero-order valence-electron chi connectivity index (χ0n) is 11.8. The van der Waals surface area contributed by atoms with Crippen molar-refractivity contribution in [1.29, 1.82) is 0 Å². The number of carbonyl (C=O) groups excluding carboxylic acids is 2. The number of nitrogens with zero attached hydrogens (tertiary/aromatic N) is 2. The normalized spacial score (nSPS) is 17.1. The molecule has 110 valence electrons. The molecule has 1 aromatic heterocycles. The molecule has 1 atom stereocenters. The number of hydrogen-bond donors (Lipinski definition) is 2. The number of imidazole rings is 1. The van der Waals surface area contributed by atoms with Gasteiger partial charge in [0.15, 0.2) is 0 Å². The molecule has 7 heteroatoms. The van der Waals surface area contributed by atoms with Crippen LogP contribution in [0, 0.1) is 5.41 Å².